The number of hydrogen-bond acceptors (Lipinski definition) is 4. The van der Waals surface area contributed by atoms with Crippen LogP contribution in [0.2, 0.25) is 0 Å². The van der Waals surface area contributed by atoms with Crippen molar-refractivity contribution in [3.05, 3.63) is 59.8 Å². The van der Waals surface area contributed by atoms with Crippen LogP contribution in [0.5, 0.6) is 0 Å². The Bertz CT molecular complexity index is 842. The number of amides is 1. The largest absolute Gasteiger partial charge is 0.478 e. The Hall–Kier alpha value is -2.73. The van der Waals surface area contributed by atoms with Crippen LogP contribution in [0.4, 0.5) is 5.69 Å². The van der Waals surface area contributed by atoms with Crippen LogP contribution in [0.1, 0.15) is 20.8 Å². The number of aromatic carboxylic acids is 1. The number of aromatic nitrogens is 1. The monoisotopic (exact) mass is 298 g/mol. The van der Waals surface area contributed by atoms with Gasteiger partial charge >= 0.3 is 5.97 Å². The second kappa shape index (κ2) is 5.34. The summed E-state index contributed by atoms with van der Waals surface area (Å²) < 4.78 is 5.09. The van der Waals surface area contributed by atoms with Gasteiger partial charge in [0, 0.05) is 11.1 Å². The molecule has 0 radical (unpaired) electrons. The molecule has 0 bridgehead atoms. The number of carbonyl (C=O) groups excluding carboxylic acids is 1. The number of carbonyl (C=O) groups is 2. The quantitative estimate of drug-likeness (QED) is 0.778. The zero-order valence-corrected chi connectivity index (χ0v) is 11.6. The molecule has 2 aromatic carbocycles. The first-order valence-corrected chi connectivity index (χ1v) is 6.91. The highest BCUT2D eigenvalue weighted by Crippen LogP contribution is 2.23. The van der Waals surface area contributed by atoms with Crippen molar-refractivity contribution >= 4 is 39.2 Å². The molecule has 0 fully saturated rings. The van der Waals surface area contributed by atoms with Gasteiger partial charge in [-0.3, -0.25) is 4.79 Å². The van der Waals surface area contributed by atoms with Crippen molar-refractivity contribution in [2.75, 3.05) is 5.32 Å². The second-order valence-electron chi connectivity index (χ2n) is 4.37. The van der Waals surface area contributed by atoms with Crippen molar-refractivity contribution in [3.63, 3.8) is 0 Å². The molecular weight excluding hydrogens is 288 g/mol. The predicted molar refractivity (Wildman–Crippen MR) is 81.0 cm³/mol. The Labute approximate surface area is 124 Å². The highest BCUT2D eigenvalue weighted by atomic mass is 32.1. The lowest BCUT2D eigenvalue weighted by atomic mass is 10.2. The van der Waals surface area contributed by atoms with Crippen molar-refractivity contribution in [2.45, 2.75) is 0 Å². The Balaban J connectivity index is 1.90. The van der Waals surface area contributed by atoms with Crippen LogP contribution in [0.3, 0.4) is 0 Å². The molecule has 0 saturated heterocycles. The van der Waals surface area contributed by atoms with Crippen molar-refractivity contribution in [1.29, 1.82) is 0 Å². The molecule has 0 aliphatic rings. The van der Waals surface area contributed by atoms with Gasteiger partial charge < -0.3 is 10.4 Å². The summed E-state index contributed by atoms with van der Waals surface area (Å²) in [6.07, 6.45) is 0. The Kier molecular flexibility index (Phi) is 3.37. The van der Waals surface area contributed by atoms with Crippen LogP contribution in [-0.4, -0.2) is 21.4 Å². The van der Waals surface area contributed by atoms with E-state index in [9.17, 15) is 9.59 Å². The molecular formula is C15H10N2O3S. The summed E-state index contributed by atoms with van der Waals surface area (Å²) in [4.78, 5) is 23.2. The highest BCUT2D eigenvalue weighted by molar-refractivity contribution is 7.13. The van der Waals surface area contributed by atoms with E-state index >= 15 is 0 Å². The van der Waals surface area contributed by atoms with Crippen LogP contribution in [0.15, 0.2) is 48.5 Å². The van der Waals surface area contributed by atoms with Crippen LogP contribution in [0, 0.1) is 0 Å². The first-order valence-electron chi connectivity index (χ1n) is 6.14. The minimum absolute atomic E-state index is 0.121. The molecule has 3 aromatic rings. The van der Waals surface area contributed by atoms with Gasteiger partial charge in [-0.1, -0.05) is 24.3 Å². The number of nitrogens with one attached hydrogen (secondary N) is 1. The third-order valence-corrected chi connectivity index (χ3v) is 3.79. The van der Waals surface area contributed by atoms with Gasteiger partial charge in [0.25, 0.3) is 5.91 Å². The van der Waals surface area contributed by atoms with E-state index in [2.05, 4.69) is 9.69 Å². The summed E-state index contributed by atoms with van der Waals surface area (Å²) in [5.41, 5.74) is 0.893. The maximum absolute atomic E-state index is 12.3. The molecule has 0 aliphatic heterocycles. The molecule has 1 amide bonds. The number of nitrogens with zero attached hydrogens (tertiary/aromatic N) is 1. The van der Waals surface area contributed by atoms with E-state index in [-0.39, 0.29) is 11.5 Å². The third kappa shape index (κ3) is 2.61. The molecule has 0 aliphatic carbocycles. The van der Waals surface area contributed by atoms with Crippen LogP contribution < -0.4 is 5.32 Å². The molecule has 2 N–H and O–H groups in total. The lowest BCUT2D eigenvalue weighted by molar-refractivity contribution is 0.0696. The van der Waals surface area contributed by atoms with E-state index in [1.807, 2.05) is 24.3 Å². The van der Waals surface area contributed by atoms with Crippen molar-refractivity contribution in [2.24, 2.45) is 0 Å². The normalized spacial score (nSPS) is 10.5. The smallest absolute Gasteiger partial charge is 0.335 e. The summed E-state index contributed by atoms with van der Waals surface area (Å²) in [6.45, 7) is 0. The predicted octanol–water partition coefficient (Wildman–Crippen LogP) is 3.25. The molecule has 6 heteroatoms. The maximum atomic E-state index is 12.3. The number of carboxylic acid groups (broad SMARTS) is 1. The van der Waals surface area contributed by atoms with Crippen molar-refractivity contribution in [3.8, 4) is 0 Å². The Morgan fingerprint density at radius 2 is 1.90 bits per heavy atom. The molecule has 0 atom stereocenters. The lowest BCUT2D eigenvalue weighted by Crippen LogP contribution is -2.13. The first kappa shape index (κ1) is 13.3. The minimum atomic E-state index is -1.04. The van der Waals surface area contributed by atoms with Gasteiger partial charge in [-0.05, 0) is 35.8 Å². The first-order chi connectivity index (χ1) is 10.1. The number of anilines is 1. The molecule has 0 unspecified atom stereocenters. The second-order valence-corrected chi connectivity index (χ2v) is 5.17. The summed E-state index contributed by atoms with van der Waals surface area (Å²) in [6, 6.07) is 13.6. The van der Waals surface area contributed by atoms with Gasteiger partial charge in [0.2, 0.25) is 0 Å². The average Bonchev–Trinajstić information content (AvgIpc) is 2.91. The van der Waals surface area contributed by atoms with E-state index in [1.54, 1.807) is 12.1 Å². The number of rotatable bonds is 3. The van der Waals surface area contributed by atoms with E-state index < -0.39 is 5.97 Å². The van der Waals surface area contributed by atoms with Crippen molar-refractivity contribution < 1.29 is 14.7 Å². The minimum Gasteiger partial charge on any atom is -0.478 e. The van der Waals surface area contributed by atoms with Gasteiger partial charge in [0.15, 0.2) is 0 Å². The van der Waals surface area contributed by atoms with Crippen LogP contribution in [0.25, 0.3) is 10.1 Å². The molecule has 5 nitrogen and oxygen atoms in total. The summed E-state index contributed by atoms with van der Waals surface area (Å²) in [5, 5.41) is 12.4. The highest BCUT2D eigenvalue weighted by Gasteiger charge is 2.14. The summed E-state index contributed by atoms with van der Waals surface area (Å²) in [5.74, 6) is -1.39. The van der Waals surface area contributed by atoms with E-state index in [1.165, 1.54) is 23.7 Å². The number of fused-ring (bicyclic) bond motifs is 1. The molecule has 1 aromatic heterocycles. The zero-order chi connectivity index (χ0) is 14.8. The molecule has 0 saturated carbocycles. The fourth-order valence-electron chi connectivity index (χ4n) is 1.97. The van der Waals surface area contributed by atoms with Gasteiger partial charge in [-0.25, -0.2) is 4.79 Å². The SMILES string of the molecule is O=C(O)c1cccc(NC(=O)c2nsc3ccccc23)c1. The van der Waals surface area contributed by atoms with E-state index in [4.69, 9.17) is 5.11 Å². The van der Waals surface area contributed by atoms with Gasteiger partial charge in [-0.15, -0.1) is 0 Å². The standard InChI is InChI=1S/C15H10N2O3S/c18-14(13-11-6-1-2-7-12(11)21-17-13)16-10-5-3-4-9(8-10)15(19)20/h1-8H,(H,16,18)(H,19,20). The number of hydrogen-bond donors (Lipinski definition) is 2. The maximum Gasteiger partial charge on any atom is 0.335 e. The zero-order valence-electron chi connectivity index (χ0n) is 10.7. The fraction of sp³-hybridized carbons (Fsp3) is 0. The third-order valence-electron chi connectivity index (χ3n) is 2.96. The Morgan fingerprint density at radius 3 is 2.71 bits per heavy atom. The van der Waals surface area contributed by atoms with Crippen LogP contribution >= 0.6 is 11.5 Å². The van der Waals surface area contributed by atoms with Gasteiger partial charge in [-0.2, -0.15) is 4.37 Å². The molecule has 21 heavy (non-hydrogen) atoms. The average molecular weight is 298 g/mol. The molecule has 0 spiro atoms. The number of benzene rings is 2. The summed E-state index contributed by atoms with van der Waals surface area (Å²) in [7, 11) is 0. The summed E-state index contributed by atoms with van der Waals surface area (Å²) >= 11 is 1.26. The van der Waals surface area contributed by atoms with E-state index in [0.717, 1.165) is 10.1 Å². The topological polar surface area (TPSA) is 79.3 Å². The Morgan fingerprint density at radius 1 is 1.10 bits per heavy atom. The van der Waals surface area contributed by atoms with Crippen molar-refractivity contribution in [1.82, 2.24) is 4.37 Å². The molecule has 104 valence electrons. The van der Waals surface area contributed by atoms with Gasteiger partial charge in [0.1, 0.15) is 5.69 Å². The molecule has 1 heterocycles. The fourth-order valence-corrected chi connectivity index (χ4v) is 2.74. The van der Waals surface area contributed by atoms with E-state index in [0.29, 0.717) is 11.4 Å². The molecule has 3 rings (SSSR count). The van der Waals surface area contributed by atoms with Crippen LogP contribution in [-0.2, 0) is 0 Å². The number of carboxylic acids is 1. The van der Waals surface area contributed by atoms with Gasteiger partial charge in [0.05, 0.1) is 10.3 Å². The lowest BCUT2D eigenvalue weighted by Gasteiger charge is -2.04.